The summed E-state index contributed by atoms with van der Waals surface area (Å²) in [5.74, 6) is -5.55. The van der Waals surface area contributed by atoms with Crippen molar-refractivity contribution >= 4 is 29.7 Å². The summed E-state index contributed by atoms with van der Waals surface area (Å²) in [7, 11) is 0. The number of nitrogens with one attached hydrogen (secondary N) is 4. The summed E-state index contributed by atoms with van der Waals surface area (Å²) < 4.78 is 0. The second kappa shape index (κ2) is 14.6. The number of imidazole rings is 1. The van der Waals surface area contributed by atoms with E-state index >= 15 is 0 Å². The van der Waals surface area contributed by atoms with E-state index in [-0.39, 0.29) is 12.8 Å². The molecule has 0 aromatic carbocycles. The Morgan fingerprint density at radius 3 is 2.12 bits per heavy atom. The lowest BCUT2D eigenvalue weighted by molar-refractivity contribution is -0.144. The van der Waals surface area contributed by atoms with Gasteiger partial charge < -0.3 is 47.7 Å². The molecule has 0 radical (unpaired) electrons. The van der Waals surface area contributed by atoms with Crippen molar-refractivity contribution in [2.75, 3.05) is 13.2 Å². The molecule has 15 heteroatoms. The van der Waals surface area contributed by atoms with Crippen LogP contribution in [0.4, 0.5) is 0 Å². The van der Waals surface area contributed by atoms with Crippen LogP contribution in [0.3, 0.4) is 0 Å². The van der Waals surface area contributed by atoms with Gasteiger partial charge in [-0.2, -0.15) is 0 Å². The Labute approximate surface area is 194 Å². The van der Waals surface area contributed by atoms with Crippen LogP contribution in [0.25, 0.3) is 0 Å². The normalized spacial score (nSPS) is 14.3. The van der Waals surface area contributed by atoms with E-state index in [4.69, 9.17) is 26.8 Å². The number of nitrogens with two attached hydrogens (primary N) is 2. The molecule has 0 saturated heterocycles. The summed E-state index contributed by atoms with van der Waals surface area (Å²) in [5.41, 5.74) is 11.8. The number of rotatable bonds is 16. The molecule has 190 valence electrons. The number of hydrogen-bond donors (Lipinski definition) is 9. The van der Waals surface area contributed by atoms with E-state index in [1.54, 1.807) is 0 Å². The number of hydrogen-bond acceptors (Lipinski definition) is 9. The van der Waals surface area contributed by atoms with Gasteiger partial charge in [0.15, 0.2) is 0 Å². The minimum absolute atomic E-state index is 0.0507. The number of aliphatic hydroxyl groups is 1. The van der Waals surface area contributed by atoms with Gasteiger partial charge in [-0.05, 0) is 25.8 Å². The number of carboxylic acids is 2. The fourth-order valence-corrected chi connectivity index (χ4v) is 2.88. The van der Waals surface area contributed by atoms with E-state index in [2.05, 4.69) is 25.9 Å². The molecule has 0 fully saturated rings. The van der Waals surface area contributed by atoms with E-state index in [0.29, 0.717) is 25.1 Å². The van der Waals surface area contributed by atoms with Crippen molar-refractivity contribution in [1.82, 2.24) is 25.9 Å². The first-order chi connectivity index (χ1) is 16.1. The molecule has 1 heterocycles. The van der Waals surface area contributed by atoms with E-state index in [9.17, 15) is 24.0 Å². The number of H-pyrrole nitrogens is 1. The van der Waals surface area contributed by atoms with Gasteiger partial charge in [0, 0.05) is 18.3 Å². The summed E-state index contributed by atoms with van der Waals surface area (Å²) in [6, 6.07) is -5.54. The third-order valence-electron chi connectivity index (χ3n) is 4.72. The highest BCUT2D eigenvalue weighted by atomic mass is 16.4. The maximum Gasteiger partial charge on any atom is 0.328 e. The third kappa shape index (κ3) is 9.93. The molecular weight excluding hydrogens is 454 g/mol. The molecule has 4 atom stereocenters. The maximum atomic E-state index is 12.8. The molecule has 11 N–H and O–H groups in total. The largest absolute Gasteiger partial charge is 0.481 e. The molecule has 0 saturated carbocycles. The van der Waals surface area contributed by atoms with Gasteiger partial charge in [-0.15, -0.1) is 0 Å². The average molecular weight is 485 g/mol. The standard InChI is InChI=1S/C19H31N7O8/c20-4-2-1-3-12(17(31)26-14(8-27)19(33)34)24-18(32)13(6-15(28)29)25-16(30)11(21)5-10-7-22-9-23-10/h7,9,11-14,27H,1-6,8,20-21H2,(H,22,23)(H,24,32)(H,25,30)(H,26,31)(H,28,29)(H,33,34). The summed E-state index contributed by atoms with van der Waals surface area (Å²) in [4.78, 5) is 66.6. The van der Waals surface area contributed by atoms with E-state index in [1.807, 2.05) is 0 Å². The summed E-state index contributed by atoms with van der Waals surface area (Å²) >= 11 is 0. The van der Waals surface area contributed by atoms with Gasteiger partial charge in [0.1, 0.15) is 18.1 Å². The van der Waals surface area contributed by atoms with Crippen molar-refractivity contribution in [2.24, 2.45) is 11.5 Å². The number of nitrogens with zero attached hydrogens (tertiary/aromatic N) is 1. The molecule has 0 bridgehead atoms. The molecule has 0 spiro atoms. The highest BCUT2D eigenvalue weighted by molar-refractivity contribution is 5.95. The molecule has 3 amide bonds. The molecule has 1 aromatic rings. The van der Waals surface area contributed by atoms with Crippen LogP contribution in [0.15, 0.2) is 12.5 Å². The zero-order valence-electron chi connectivity index (χ0n) is 18.4. The van der Waals surface area contributed by atoms with Gasteiger partial charge in [0.05, 0.1) is 25.4 Å². The number of carboxylic acid groups (broad SMARTS) is 2. The lowest BCUT2D eigenvalue weighted by Crippen LogP contribution is -2.58. The first-order valence-corrected chi connectivity index (χ1v) is 10.5. The van der Waals surface area contributed by atoms with Crippen LogP contribution in [0.2, 0.25) is 0 Å². The number of carbonyl (C=O) groups is 5. The first kappa shape index (κ1) is 28.5. The molecule has 0 aliphatic rings. The third-order valence-corrected chi connectivity index (χ3v) is 4.72. The molecule has 15 nitrogen and oxygen atoms in total. The second-order valence-corrected chi connectivity index (χ2v) is 7.47. The molecule has 1 aromatic heterocycles. The van der Waals surface area contributed by atoms with Crippen LogP contribution < -0.4 is 27.4 Å². The lowest BCUT2D eigenvalue weighted by atomic mass is 10.1. The van der Waals surface area contributed by atoms with Gasteiger partial charge in [0.25, 0.3) is 0 Å². The number of aromatic nitrogens is 2. The number of unbranched alkanes of at least 4 members (excludes halogenated alkanes) is 1. The predicted octanol–water partition coefficient (Wildman–Crippen LogP) is -3.59. The minimum Gasteiger partial charge on any atom is -0.481 e. The number of aliphatic carboxylic acids is 2. The maximum absolute atomic E-state index is 12.8. The average Bonchev–Trinajstić information content (AvgIpc) is 3.28. The van der Waals surface area contributed by atoms with Crippen molar-refractivity contribution in [3.63, 3.8) is 0 Å². The number of aromatic amines is 1. The molecule has 0 aliphatic heterocycles. The summed E-state index contributed by atoms with van der Waals surface area (Å²) in [6.07, 6.45) is 3.04. The van der Waals surface area contributed by atoms with E-state index in [0.717, 1.165) is 0 Å². The molecule has 1 rings (SSSR count). The van der Waals surface area contributed by atoms with E-state index < -0.39 is 66.9 Å². The van der Waals surface area contributed by atoms with Crippen LogP contribution >= 0.6 is 0 Å². The van der Waals surface area contributed by atoms with Crippen LogP contribution in [0, 0.1) is 0 Å². The molecule has 4 unspecified atom stereocenters. The Morgan fingerprint density at radius 2 is 1.59 bits per heavy atom. The van der Waals surface area contributed by atoms with Crippen molar-refractivity contribution < 1.29 is 39.3 Å². The topological polar surface area (TPSA) is 263 Å². The van der Waals surface area contributed by atoms with Gasteiger partial charge in [-0.3, -0.25) is 19.2 Å². The SMILES string of the molecule is NCCCCC(NC(=O)C(CC(=O)O)NC(=O)C(N)Cc1cnc[nH]1)C(=O)NC(CO)C(=O)O. The lowest BCUT2D eigenvalue weighted by Gasteiger charge is -2.24. The monoisotopic (exact) mass is 485 g/mol. The predicted molar refractivity (Wildman–Crippen MR) is 116 cm³/mol. The van der Waals surface area contributed by atoms with E-state index in [1.165, 1.54) is 12.5 Å². The quantitative estimate of drug-likeness (QED) is 0.103. The van der Waals surface area contributed by atoms with Gasteiger partial charge in [-0.25, -0.2) is 9.78 Å². The number of aliphatic hydroxyl groups excluding tert-OH is 1. The van der Waals surface area contributed by atoms with Crippen LogP contribution in [0.1, 0.15) is 31.4 Å². The number of amides is 3. The van der Waals surface area contributed by atoms with Gasteiger partial charge in [0.2, 0.25) is 17.7 Å². The highest BCUT2D eigenvalue weighted by Crippen LogP contribution is 2.05. The fraction of sp³-hybridized carbons (Fsp3) is 0.579. The first-order valence-electron chi connectivity index (χ1n) is 10.5. The Balaban J connectivity index is 2.91. The summed E-state index contributed by atoms with van der Waals surface area (Å²) in [5, 5.41) is 34.0. The van der Waals surface area contributed by atoms with Crippen molar-refractivity contribution in [2.45, 2.75) is 56.3 Å². The second-order valence-electron chi connectivity index (χ2n) is 7.47. The van der Waals surface area contributed by atoms with Crippen LogP contribution in [0.5, 0.6) is 0 Å². The Hall–Kier alpha value is -3.56. The zero-order valence-corrected chi connectivity index (χ0v) is 18.4. The summed E-state index contributed by atoms with van der Waals surface area (Å²) in [6.45, 7) is -0.570. The minimum atomic E-state index is -1.60. The fourth-order valence-electron chi connectivity index (χ4n) is 2.88. The molecule has 34 heavy (non-hydrogen) atoms. The smallest absolute Gasteiger partial charge is 0.328 e. The Bertz CT molecular complexity index is 833. The van der Waals surface area contributed by atoms with Gasteiger partial charge in [-0.1, -0.05) is 0 Å². The molecular formula is C19H31N7O8. The number of carbonyl (C=O) groups excluding carboxylic acids is 3. The Morgan fingerprint density at radius 1 is 0.971 bits per heavy atom. The van der Waals surface area contributed by atoms with Crippen LogP contribution in [-0.2, 0) is 30.4 Å². The molecule has 0 aliphatic carbocycles. The van der Waals surface area contributed by atoms with Crippen molar-refractivity contribution in [1.29, 1.82) is 0 Å². The highest BCUT2D eigenvalue weighted by Gasteiger charge is 2.31. The Kier molecular flexibility index (Phi) is 12.2. The van der Waals surface area contributed by atoms with Crippen molar-refractivity contribution in [3.8, 4) is 0 Å². The zero-order chi connectivity index (χ0) is 25.7. The van der Waals surface area contributed by atoms with Crippen LogP contribution in [-0.4, -0.2) is 92.3 Å². The van der Waals surface area contributed by atoms with Crippen molar-refractivity contribution in [3.05, 3.63) is 18.2 Å². The van der Waals surface area contributed by atoms with Gasteiger partial charge >= 0.3 is 11.9 Å².